The van der Waals surface area contributed by atoms with Crippen molar-refractivity contribution in [3.8, 4) is 17.2 Å². The number of nitriles is 1. The summed E-state index contributed by atoms with van der Waals surface area (Å²) in [7, 11) is 0. The van der Waals surface area contributed by atoms with Crippen molar-refractivity contribution >= 4 is 17.4 Å². The predicted octanol–water partition coefficient (Wildman–Crippen LogP) is 3.79. The molecule has 0 aliphatic rings. The Balaban J connectivity index is 2.84. The number of pyridine rings is 1. The van der Waals surface area contributed by atoms with Crippen molar-refractivity contribution in [1.29, 1.82) is 5.26 Å². The summed E-state index contributed by atoms with van der Waals surface area (Å²) in [6.07, 6.45) is 2.73. The second-order valence-electron chi connectivity index (χ2n) is 4.94. The quantitative estimate of drug-likeness (QED) is 0.933. The van der Waals surface area contributed by atoms with E-state index in [4.69, 9.17) is 17.3 Å². The lowest BCUT2D eigenvalue weighted by Gasteiger charge is -2.14. The average molecular weight is 301 g/mol. The van der Waals surface area contributed by atoms with E-state index >= 15 is 0 Å². The van der Waals surface area contributed by atoms with E-state index < -0.39 is 0 Å². The molecular formula is C17H19ClN3+. The van der Waals surface area contributed by atoms with Crippen LogP contribution in [0, 0.1) is 11.3 Å². The Hall–Kier alpha value is -2.05. The number of nitrogens with two attached hydrogens (primary N) is 1. The molecule has 0 unspecified atom stereocenters. The van der Waals surface area contributed by atoms with Crippen LogP contribution >= 0.6 is 11.6 Å². The maximum Gasteiger partial charge on any atom is 0.289 e. The number of aromatic amines is 1. The number of rotatable bonds is 4. The highest BCUT2D eigenvalue weighted by Gasteiger charge is 2.22. The van der Waals surface area contributed by atoms with E-state index in [9.17, 15) is 5.26 Å². The van der Waals surface area contributed by atoms with Crippen LogP contribution < -0.4 is 10.7 Å². The molecule has 3 N–H and O–H groups in total. The van der Waals surface area contributed by atoms with E-state index in [1.54, 1.807) is 0 Å². The van der Waals surface area contributed by atoms with E-state index in [0.29, 0.717) is 16.4 Å². The molecule has 1 heterocycles. The van der Waals surface area contributed by atoms with Crippen molar-refractivity contribution in [2.24, 2.45) is 0 Å². The van der Waals surface area contributed by atoms with Crippen LogP contribution in [-0.4, -0.2) is 0 Å². The number of anilines is 1. The maximum absolute atomic E-state index is 9.50. The molecular weight excluding hydrogens is 282 g/mol. The number of halogens is 1. The summed E-state index contributed by atoms with van der Waals surface area (Å²) in [4.78, 5) is 3.19. The predicted molar refractivity (Wildman–Crippen MR) is 85.9 cm³/mol. The fraction of sp³-hybridized carbons (Fsp3) is 0.294. The summed E-state index contributed by atoms with van der Waals surface area (Å²) in [6, 6.07) is 9.80. The number of nitrogen functional groups attached to an aromatic ring is 1. The Morgan fingerprint density at radius 2 is 2.00 bits per heavy atom. The molecule has 0 atom stereocenters. The zero-order chi connectivity index (χ0) is 15.4. The topological polar surface area (TPSA) is 63.9 Å². The first kappa shape index (κ1) is 15.3. The van der Waals surface area contributed by atoms with Crippen LogP contribution in [0.1, 0.15) is 37.1 Å². The summed E-state index contributed by atoms with van der Waals surface area (Å²) in [5.41, 5.74) is 10.5. The van der Waals surface area contributed by atoms with Gasteiger partial charge in [0.15, 0.2) is 0 Å². The van der Waals surface area contributed by atoms with Crippen molar-refractivity contribution in [2.45, 2.75) is 33.1 Å². The Kier molecular flexibility index (Phi) is 4.82. The Bertz CT molecular complexity index is 702. The number of hydrogen-bond acceptors (Lipinski definition) is 2. The van der Waals surface area contributed by atoms with Crippen molar-refractivity contribution in [1.82, 2.24) is 0 Å². The van der Waals surface area contributed by atoms with Gasteiger partial charge in [0, 0.05) is 28.1 Å². The fourth-order valence-electron chi connectivity index (χ4n) is 2.67. The monoisotopic (exact) mass is 300 g/mol. The highest BCUT2D eigenvalue weighted by atomic mass is 35.5. The second-order valence-corrected chi connectivity index (χ2v) is 5.35. The third kappa shape index (κ3) is 2.86. The number of H-pyrrole nitrogens is 1. The van der Waals surface area contributed by atoms with Crippen molar-refractivity contribution < 1.29 is 4.98 Å². The van der Waals surface area contributed by atoms with E-state index in [2.05, 4.69) is 24.9 Å². The van der Waals surface area contributed by atoms with Crippen molar-refractivity contribution in [3.63, 3.8) is 0 Å². The number of hydrogen-bond donors (Lipinski definition) is 1. The molecule has 4 heteroatoms. The van der Waals surface area contributed by atoms with E-state index in [-0.39, 0.29) is 0 Å². The van der Waals surface area contributed by atoms with Gasteiger partial charge in [-0.05, 0) is 18.9 Å². The number of aromatic nitrogens is 1. The second kappa shape index (κ2) is 6.60. The molecule has 0 saturated heterocycles. The molecule has 2 aromatic rings. The number of benzene rings is 1. The number of nitrogens with one attached hydrogen (secondary N) is 1. The normalized spacial score (nSPS) is 10.4. The van der Waals surface area contributed by atoms with Gasteiger partial charge >= 0.3 is 0 Å². The molecule has 21 heavy (non-hydrogen) atoms. The van der Waals surface area contributed by atoms with Crippen molar-refractivity contribution in [2.75, 3.05) is 5.73 Å². The Labute approximate surface area is 130 Å². The van der Waals surface area contributed by atoms with Crippen LogP contribution in [0.15, 0.2) is 24.3 Å². The van der Waals surface area contributed by atoms with Crippen LogP contribution in [0.3, 0.4) is 0 Å². The SMILES string of the molecule is CCCc1[nH+]c(N)c(C#N)c(-c2ccccc2Cl)c1CC. The first-order valence-corrected chi connectivity index (χ1v) is 7.53. The highest BCUT2D eigenvalue weighted by Crippen LogP contribution is 2.35. The maximum atomic E-state index is 9.50. The summed E-state index contributed by atoms with van der Waals surface area (Å²) < 4.78 is 0. The van der Waals surface area contributed by atoms with Gasteiger partial charge in [-0.3, -0.25) is 5.73 Å². The molecule has 0 bridgehead atoms. The smallest absolute Gasteiger partial charge is 0.286 e. The standard InChI is InChI=1S/C17H18ClN3/c1-3-7-15-11(4-2)16(13(10-19)17(20)21-15)12-8-5-6-9-14(12)18/h5-6,8-9H,3-4,7H2,1-2H3,(H2,20,21)/p+1. The molecule has 0 fully saturated rings. The van der Waals surface area contributed by atoms with Gasteiger partial charge < -0.3 is 0 Å². The number of aryl methyl sites for hydroxylation is 1. The summed E-state index contributed by atoms with van der Waals surface area (Å²) in [5, 5.41) is 10.1. The number of nitrogens with zero attached hydrogens (tertiary/aromatic N) is 1. The highest BCUT2D eigenvalue weighted by molar-refractivity contribution is 6.33. The van der Waals surface area contributed by atoms with Crippen LogP contribution in [0.4, 0.5) is 5.82 Å². The van der Waals surface area contributed by atoms with Gasteiger partial charge in [-0.15, -0.1) is 0 Å². The van der Waals surface area contributed by atoms with Gasteiger partial charge in [-0.25, -0.2) is 4.98 Å². The fourth-order valence-corrected chi connectivity index (χ4v) is 2.90. The third-order valence-corrected chi connectivity index (χ3v) is 3.91. The summed E-state index contributed by atoms with van der Waals surface area (Å²) in [6.45, 7) is 4.21. The lowest BCUT2D eigenvalue weighted by Crippen LogP contribution is -2.22. The first-order chi connectivity index (χ1) is 10.1. The Morgan fingerprint density at radius 3 is 2.57 bits per heavy atom. The molecule has 1 aromatic carbocycles. The molecule has 0 aliphatic carbocycles. The zero-order valence-electron chi connectivity index (χ0n) is 12.3. The minimum absolute atomic E-state index is 0.410. The molecule has 0 spiro atoms. The van der Waals surface area contributed by atoms with E-state index in [0.717, 1.165) is 41.6 Å². The van der Waals surface area contributed by atoms with Gasteiger partial charge in [-0.2, -0.15) is 5.26 Å². The van der Waals surface area contributed by atoms with Crippen LogP contribution in [0.25, 0.3) is 11.1 Å². The molecule has 0 aliphatic heterocycles. The third-order valence-electron chi connectivity index (χ3n) is 3.58. The molecule has 2 rings (SSSR count). The van der Waals surface area contributed by atoms with Crippen LogP contribution in [-0.2, 0) is 12.8 Å². The minimum Gasteiger partial charge on any atom is -0.286 e. The molecule has 0 amide bonds. The average Bonchev–Trinajstić information content (AvgIpc) is 2.47. The largest absolute Gasteiger partial charge is 0.289 e. The molecule has 0 radical (unpaired) electrons. The molecule has 108 valence electrons. The minimum atomic E-state index is 0.410. The van der Waals surface area contributed by atoms with Crippen LogP contribution in [0.5, 0.6) is 0 Å². The lowest BCUT2D eigenvalue weighted by atomic mass is 9.91. The van der Waals surface area contributed by atoms with Gasteiger partial charge in [0.25, 0.3) is 5.82 Å². The molecule has 0 saturated carbocycles. The zero-order valence-corrected chi connectivity index (χ0v) is 13.1. The lowest BCUT2D eigenvalue weighted by molar-refractivity contribution is -0.373. The van der Waals surface area contributed by atoms with Crippen molar-refractivity contribution in [3.05, 3.63) is 46.1 Å². The van der Waals surface area contributed by atoms with Gasteiger partial charge in [0.1, 0.15) is 17.3 Å². The van der Waals surface area contributed by atoms with E-state index in [1.807, 2.05) is 24.3 Å². The van der Waals surface area contributed by atoms with Gasteiger partial charge in [0.05, 0.1) is 0 Å². The van der Waals surface area contributed by atoms with Crippen LogP contribution in [0.2, 0.25) is 5.02 Å². The Morgan fingerprint density at radius 1 is 1.29 bits per heavy atom. The summed E-state index contributed by atoms with van der Waals surface area (Å²) >= 11 is 6.34. The van der Waals surface area contributed by atoms with E-state index in [1.165, 1.54) is 0 Å². The molecule has 1 aromatic heterocycles. The molecule has 3 nitrogen and oxygen atoms in total. The summed E-state index contributed by atoms with van der Waals surface area (Å²) in [5.74, 6) is 0.410. The van der Waals surface area contributed by atoms with Gasteiger partial charge in [0.2, 0.25) is 0 Å². The first-order valence-electron chi connectivity index (χ1n) is 7.15. The van der Waals surface area contributed by atoms with Gasteiger partial charge in [-0.1, -0.05) is 43.6 Å².